The summed E-state index contributed by atoms with van der Waals surface area (Å²) >= 11 is 0. The quantitative estimate of drug-likeness (QED) is 0.796. The first-order chi connectivity index (χ1) is 9.40. The fraction of sp³-hybridized carbons (Fsp3) is 0.933. The number of methoxy groups -OCH3 is 1. The molecule has 20 heavy (non-hydrogen) atoms. The molecule has 0 aliphatic carbocycles. The van der Waals surface area contributed by atoms with E-state index in [9.17, 15) is 4.79 Å². The van der Waals surface area contributed by atoms with Crippen LogP contribution in [0.15, 0.2) is 0 Å². The van der Waals surface area contributed by atoms with Gasteiger partial charge in [-0.25, -0.2) is 4.79 Å². The van der Waals surface area contributed by atoms with Gasteiger partial charge in [0.05, 0.1) is 6.61 Å². The van der Waals surface area contributed by atoms with Gasteiger partial charge in [0.1, 0.15) is 5.60 Å². The number of hydrogen-bond donors (Lipinski definition) is 0. The molecule has 2 rings (SSSR count). The highest BCUT2D eigenvalue weighted by molar-refractivity contribution is 5.68. The number of ether oxygens (including phenoxy) is 2. The number of hydrogen-bond acceptors (Lipinski definition) is 4. The molecule has 0 saturated carbocycles. The lowest BCUT2D eigenvalue weighted by Crippen LogP contribution is -2.44. The minimum atomic E-state index is -0.415. The van der Waals surface area contributed by atoms with Gasteiger partial charge in [-0.3, -0.25) is 4.90 Å². The zero-order chi connectivity index (χ0) is 14.8. The number of amides is 1. The predicted molar refractivity (Wildman–Crippen MR) is 77.8 cm³/mol. The Morgan fingerprint density at radius 1 is 1.25 bits per heavy atom. The molecule has 0 N–H and O–H groups in total. The van der Waals surface area contributed by atoms with Crippen molar-refractivity contribution in [1.29, 1.82) is 0 Å². The SMILES string of the molecule is COC[C@H]1CCCN1[C@H]1CCN(C(=O)OC(C)(C)C)C1. The van der Waals surface area contributed by atoms with Gasteiger partial charge in [-0.15, -0.1) is 0 Å². The first-order valence-electron chi connectivity index (χ1n) is 7.63. The van der Waals surface area contributed by atoms with Gasteiger partial charge in [-0.2, -0.15) is 0 Å². The van der Waals surface area contributed by atoms with Crippen LogP contribution >= 0.6 is 0 Å². The summed E-state index contributed by atoms with van der Waals surface area (Å²) in [5, 5.41) is 0. The molecular formula is C15H28N2O3. The molecule has 2 heterocycles. The van der Waals surface area contributed by atoms with Crippen LogP contribution in [0.25, 0.3) is 0 Å². The first kappa shape index (κ1) is 15.6. The average Bonchev–Trinajstić information content (AvgIpc) is 2.94. The maximum atomic E-state index is 12.1. The lowest BCUT2D eigenvalue weighted by atomic mass is 10.2. The molecule has 5 nitrogen and oxygen atoms in total. The number of carbonyl (C=O) groups is 1. The van der Waals surface area contributed by atoms with Gasteiger partial charge in [0.2, 0.25) is 0 Å². The Bertz CT molecular complexity index is 341. The van der Waals surface area contributed by atoms with Gasteiger partial charge in [0.15, 0.2) is 0 Å². The molecule has 0 radical (unpaired) electrons. The van der Waals surface area contributed by atoms with E-state index < -0.39 is 5.60 Å². The monoisotopic (exact) mass is 284 g/mol. The third kappa shape index (κ3) is 3.85. The van der Waals surface area contributed by atoms with Crippen LogP contribution in [0.1, 0.15) is 40.0 Å². The summed E-state index contributed by atoms with van der Waals surface area (Å²) in [6.45, 7) is 9.24. The summed E-state index contributed by atoms with van der Waals surface area (Å²) in [6, 6.07) is 0.980. The zero-order valence-electron chi connectivity index (χ0n) is 13.2. The zero-order valence-corrected chi connectivity index (χ0v) is 13.2. The second-order valence-electron chi connectivity index (χ2n) is 6.86. The topological polar surface area (TPSA) is 42.0 Å². The summed E-state index contributed by atoms with van der Waals surface area (Å²) in [6.07, 6.45) is 3.30. The molecule has 5 heteroatoms. The number of rotatable bonds is 3. The minimum absolute atomic E-state index is 0.178. The Balaban J connectivity index is 1.87. The van der Waals surface area contributed by atoms with Crippen LogP contribution in [0, 0.1) is 0 Å². The Hall–Kier alpha value is -0.810. The van der Waals surface area contributed by atoms with Crippen molar-refractivity contribution >= 4 is 6.09 Å². The van der Waals surface area contributed by atoms with Gasteiger partial charge >= 0.3 is 6.09 Å². The molecule has 2 aliphatic heterocycles. The highest BCUT2D eigenvalue weighted by Crippen LogP contribution is 2.26. The molecule has 2 fully saturated rings. The molecule has 0 bridgehead atoms. The van der Waals surface area contributed by atoms with Crippen molar-refractivity contribution in [3.05, 3.63) is 0 Å². The Morgan fingerprint density at radius 2 is 2.00 bits per heavy atom. The maximum absolute atomic E-state index is 12.1. The standard InChI is InChI=1S/C15H28N2O3/c1-15(2,3)20-14(18)16-9-7-12(10-16)17-8-5-6-13(17)11-19-4/h12-13H,5-11H2,1-4H3/t12-,13+/m0/s1. The summed E-state index contributed by atoms with van der Waals surface area (Å²) in [5.74, 6) is 0. The van der Waals surface area contributed by atoms with Crippen LogP contribution in [-0.4, -0.2) is 66.9 Å². The Labute approximate surface area is 122 Å². The van der Waals surface area contributed by atoms with E-state index in [2.05, 4.69) is 4.90 Å². The molecule has 0 aromatic heterocycles. The fourth-order valence-corrected chi connectivity index (χ4v) is 3.21. The molecule has 1 amide bonds. The number of nitrogens with zero attached hydrogens (tertiary/aromatic N) is 2. The molecule has 0 aromatic rings. The van der Waals surface area contributed by atoms with Crippen LogP contribution < -0.4 is 0 Å². The lowest BCUT2D eigenvalue weighted by Gasteiger charge is -2.30. The van der Waals surface area contributed by atoms with E-state index >= 15 is 0 Å². The van der Waals surface area contributed by atoms with Gasteiger partial charge < -0.3 is 14.4 Å². The maximum Gasteiger partial charge on any atom is 0.410 e. The summed E-state index contributed by atoms with van der Waals surface area (Å²) < 4.78 is 10.8. The molecule has 0 unspecified atom stereocenters. The summed E-state index contributed by atoms with van der Waals surface area (Å²) in [7, 11) is 1.76. The van der Waals surface area contributed by atoms with Crippen LogP contribution in [0.3, 0.4) is 0 Å². The lowest BCUT2D eigenvalue weighted by molar-refractivity contribution is 0.0270. The summed E-state index contributed by atoms with van der Waals surface area (Å²) in [5.41, 5.74) is -0.415. The van der Waals surface area contributed by atoms with Crippen molar-refractivity contribution < 1.29 is 14.3 Å². The molecule has 2 atom stereocenters. The molecule has 2 saturated heterocycles. The van der Waals surface area contributed by atoms with E-state index in [-0.39, 0.29) is 6.09 Å². The first-order valence-corrected chi connectivity index (χ1v) is 7.63. The van der Waals surface area contributed by atoms with Crippen molar-refractivity contribution in [2.75, 3.05) is 33.4 Å². The van der Waals surface area contributed by atoms with E-state index in [1.54, 1.807) is 7.11 Å². The van der Waals surface area contributed by atoms with Crippen LogP contribution in [0.4, 0.5) is 4.79 Å². The van der Waals surface area contributed by atoms with Gasteiger partial charge in [-0.1, -0.05) is 0 Å². The van der Waals surface area contributed by atoms with E-state index in [1.807, 2.05) is 25.7 Å². The van der Waals surface area contributed by atoms with Gasteiger partial charge in [0, 0.05) is 32.3 Å². The van der Waals surface area contributed by atoms with E-state index in [0.29, 0.717) is 12.1 Å². The Morgan fingerprint density at radius 3 is 2.65 bits per heavy atom. The van der Waals surface area contributed by atoms with E-state index in [0.717, 1.165) is 32.7 Å². The third-order valence-corrected chi connectivity index (χ3v) is 4.07. The second kappa shape index (κ2) is 6.31. The normalized spacial score (nSPS) is 28.1. The molecule has 0 aromatic carbocycles. The minimum Gasteiger partial charge on any atom is -0.444 e. The van der Waals surface area contributed by atoms with Gasteiger partial charge in [-0.05, 0) is 46.6 Å². The predicted octanol–water partition coefficient (Wildman–Crippen LogP) is 2.11. The van der Waals surface area contributed by atoms with Crippen LogP contribution in [0.5, 0.6) is 0 Å². The number of likely N-dealkylation sites (tertiary alicyclic amines) is 2. The van der Waals surface area contributed by atoms with E-state index in [1.165, 1.54) is 12.8 Å². The van der Waals surface area contributed by atoms with Crippen molar-refractivity contribution in [3.8, 4) is 0 Å². The molecule has 2 aliphatic rings. The van der Waals surface area contributed by atoms with Crippen molar-refractivity contribution in [1.82, 2.24) is 9.80 Å². The fourth-order valence-electron chi connectivity index (χ4n) is 3.21. The smallest absolute Gasteiger partial charge is 0.410 e. The van der Waals surface area contributed by atoms with Crippen LogP contribution in [0.2, 0.25) is 0 Å². The highest BCUT2D eigenvalue weighted by Gasteiger charge is 2.37. The van der Waals surface area contributed by atoms with Crippen molar-refractivity contribution in [2.45, 2.75) is 57.7 Å². The van der Waals surface area contributed by atoms with E-state index in [4.69, 9.17) is 9.47 Å². The Kier molecular flexibility index (Phi) is 4.91. The largest absolute Gasteiger partial charge is 0.444 e. The molecule has 116 valence electrons. The summed E-state index contributed by atoms with van der Waals surface area (Å²) in [4.78, 5) is 16.5. The second-order valence-corrected chi connectivity index (χ2v) is 6.86. The molecular weight excluding hydrogens is 256 g/mol. The third-order valence-electron chi connectivity index (χ3n) is 4.07. The molecule has 0 spiro atoms. The van der Waals surface area contributed by atoms with Crippen molar-refractivity contribution in [2.24, 2.45) is 0 Å². The average molecular weight is 284 g/mol. The number of carbonyl (C=O) groups excluding carboxylic acids is 1. The van der Waals surface area contributed by atoms with Crippen molar-refractivity contribution in [3.63, 3.8) is 0 Å². The van der Waals surface area contributed by atoms with Crippen LogP contribution in [-0.2, 0) is 9.47 Å². The highest BCUT2D eigenvalue weighted by atomic mass is 16.6. The van der Waals surface area contributed by atoms with Gasteiger partial charge in [0.25, 0.3) is 0 Å².